The van der Waals surface area contributed by atoms with Crippen molar-refractivity contribution in [1.82, 2.24) is 0 Å². The van der Waals surface area contributed by atoms with Gasteiger partial charge in [-0.3, -0.25) is 0 Å². The highest BCUT2D eigenvalue weighted by Gasteiger charge is 2.13. The molecule has 0 aliphatic rings. The summed E-state index contributed by atoms with van der Waals surface area (Å²) in [6, 6.07) is 7.38. The summed E-state index contributed by atoms with van der Waals surface area (Å²) in [5.74, 6) is -2.30. The monoisotopic (exact) mass is 326 g/mol. The zero-order valence-corrected chi connectivity index (χ0v) is 10.9. The Morgan fingerprint density at radius 3 is 2.47 bits per heavy atom. The van der Waals surface area contributed by atoms with Crippen LogP contribution in [0.1, 0.15) is 5.56 Å². The summed E-state index contributed by atoms with van der Waals surface area (Å²) in [4.78, 5) is 0. The molecule has 0 heterocycles. The molecule has 0 aliphatic heterocycles. The van der Waals surface area contributed by atoms with Gasteiger partial charge in [0.05, 0.1) is 11.4 Å². The second kappa shape index (κ2) is 5.33. The Morgan fingerprint density at radius 1 is 1.11 bits per heavy atom. The van der Waals surface area contributed by atoms with Crippen molar-refractivity contribution < 1.29 is 13.2 Å². The molecule has 0 aromatic heterocycles. The molecule has 0 unspecified atom stereocenters. The molecule has 96 valence electrons. The Hall–Kier alpha value is -2.00. The van der Waals surface area contributed by atoms with E-state index in [0.29, 0.717) is 6.07 Å². The Kier molecular flexibility index (Phi) is 3.76. The molecule has 0 amide bonds. The fraction of sp³-hybridized carbons (Fsp3) is 0. The summed E-state index contributed by atoms with van der Waals surface area (Å²) in [7, 11) is 0. The molecule has 0 radical (unpaired) electrons. The summed E-state index contributed by atoms with van der Waals surface area (Å²) in [5, 5.41) is 11.4. The maximum atomic E-state index is 13.6. The predicted octanol–water partition coefficient (Wildman–Crippen LogP) is 4.48. The zero-order valence-electron chi connectivity index (χ0n) is 9.35. The fourth-order valence-electron chi connectivity index (χ4n) is 1.54. The molecule has 2 nitrogen and oxygen atoms in total. The van der Waals surface area contributed by atoms with Crippen LogP contribution in [0.5, 0.6) is 0 Å². The maximum absolute atomic E-state index is 13.6. The van der Waals surface area contributed by atoms with Crippen molar-refractivity contribution >= 4 is 27.3 Å². The first-order valence-electron chi connectivity index (χ1n) is 5.13. The molecular formula is C13H6BrF3N2. The topological polar surface area (TPSA) is 35.8 Å². The Balaban J connectivity index is 2.49. The normalized spacial score (nSPS) is 10.1. The van der Waals surface area contributed by atoms with Crippen LogP contribution in [0.2, 0.25) is 0 Å². The van der Waals surface area contributed by atoms with E-state index >= 15 is 0 Å². The number of rotatable bonds is 2. The predicted molar refractivity (Wildman–Crippen MR) is 68.5 cm³/mol. The second-order valence-electron chi connectivity index (χ2n) is 3.64. The smallest absolute Gasteiger partial charge is 0.150 e. The van der Waals surface area contributed by atoms with Crippen molar-refractivity contribution in [1.29, 1.82) is 5.26 Å². The van der Waals surface area contributed by atoms with Gasteiger partial charge in [0.2, 0.25) is 0 Å². The van der Waals surface area contributed by atoms with Gasteiger partial charge in [-0.2, -0.15) is 5.26 Å². The fourth-order valence-corrected chi connectivity index (χ4v) is 2.05. The number of nitrogens with one attached hydrogen (secondary N) is 1. The van der Waals surface area contributed by atoms with E-state index in [4.69, 9.17) is 5.26 Å². The molecule has 0 spiro atoms. The van der Waals surface area contributed by atoms with Gasteiger partial charge in [-0.05, 0) is 34.1 Å². The van der Waals surface area contributed by atoms with Crippen LogP contribution in [-0.2, 0) is 0 Å². The van der Waals surface area contributed by atoms with E-state index in [0.717, 1.165) is 12.1 Å². The summed E-state index contributed by atoms with van der Waals surface area (Å²) in [6.07, 6.45) is 0. The molecule has 2 aromatic rings. The quantitative estimate of drug-likeness (QED) is 0.883. The average Bonchev–Trinajstić information content (AvgIpc) is 2.34. The molecule has 0 bridgehead atoms. The zero-order chi connectivity index (χ0) is 14.0. The highest BCUT2D eigenvalue weighted by Crippen LogP contribution is 2.31. The number of hydrogen-bond donors (Lipinski definition) is 1. The molecule has 0 saturated heterocycles. The van der Waals surface area contributed by atoms with Crippen LogP contribution in [0.4, 0.5) is 24.5 Å². The van der Waals surface area contributed by atoms with E-state index in [1.54, 1.807) is 6.07 Å². The van der Waals surface area contributed by atoms with Crippen molar-refractivity contribution in [2.45, 2.75) is 0 Å². The van der Waals surface area contributed by atoms with Crippen LogP contribution in [0.25, 0.3) is 0 Å². The number of anilines is 2. The number of nitriles is 1. The van der Waals surface area contributed by atoms with E-state index in [1.165, 1.54) is 12.1 Å². The van der Waals surface area contributed by atoms with Crippen LogP contribution in [-0.4, -0.2) is 0 Å². The van der Waals surface area contributed by atoms with E-state index in [2.05, 4.69) is 21.2 Å². The van der Waals surface area contributed by atoms with Crippen LogP contribution in [0, 0.1) is 28.8 Å². The molecule has 6 heteroatoms. The largest absolute Gasteiger partial charge is 0.351 e. The van der Waals surface area contributed by atoms with Gasteiger partial charge in [-0.15, -0.1) is 0 Å². The van der Waals surface area contributed by atoms with Gasteiger partial charge in [0.1, 0.15) is 23.3 Å². The Morgan fingerprint density at radius 2 is 1.84 bits per heavy atom. The molecule has 0 aliphatic carbocycles. The minimum atomic E-state index is -0.847. The SMILES string of the molecule is N#Cc1c(F)cccc1Nc1c(F)cc(F)cc1Br. The van der Waals surface area contributed by atoms with Crippen molar-refractivity contribution in [3.05, 3.63) is 57.8 Å². The van der Waals surface area contributed by atoms with E-state index in [1.807, 2.05) is 0 Å². The number of hydrogen-bond acceptors (Lipinski definition) is 2. The molecule has 1 N–H and O–H groups in total. The van der Waals surface area contributed by atoms with Crippen LogP contribution in [0.15, 0.2) is 34.8 Å². The van der Waals surface area contributed by atoms with E-state index in [-0.39, 0.29) is 21.4 Å². The van der Waals surface area contributed by atoms with Crippen molar-refractivity contribution in [3.8, 4) is 6.07 Å². The van der Waals surface area contributed by atoms with Crippen LogP contribution >= 0.6 is 15.9 Å². The van der Waals surface area contributed by atoms with Gasteiger partial charge in [0.25, 0.3) is 0 Å². The first-order chi connectivity index (χ1) is 9.02. The van der Waals surface area contributed by atoms with Gasteiger partial charge in [0, 0.05) is 10.5 Å². The lowest BCUT2D eigenvalue weighted by Crippen LogP contribution is -1.99. The minimum absolute atomic E-state index is 0.0662. The standard InChI is InChI=1S/C13H6BrF3N2/c14-9-4-7(15)5-11(17)13(9)19-12-3-1-2-10(16)8(12)6-18/h1-5,19H. The third-order valence-corrected chi connectivity index (χ3v) is 3.02. The molecule has 0 fully saturated rings. The molecule has 2 aromatic carbocycles. The summed E-state index contributed by atoms with van der Waals surface area (Å²) >= 11 is 3.00. The Bertz CT molecular complexity index is 657. The van der Waals surface area contributed by atoms with Crippen LogP contribution in [0.3, 0.4) is 0 Å². The molecule has 19 heavy (non-hydrogen) atoms. The van der Waals surface area contributed by atoms with Gasteiger partial charge < -0.3 is 5.32 Å². The first-order valence-corrected chi connectivity index (χ1v) is 5.92. The highest BCUT2D eigenvalue weighted by molar-refractivity contribution is 9.10. The summed E-state index contributed by atoms with van der Waals surface area (Å²) < 4.78 is 40.1. The maximum Gasteiger partial charge on any atom is 0.150 e. The van der Waals surface area contributed by atoms with E-state index < -0.39 is 17.5 Å². The highest BCUT2D eigenvalue weighted by atomic mass is 79.9. The lowest BCUT2D eigenvalue weighted by atomic mass is 10.1. The van der Waals surface area contributed by atoms with Crippen molar-refractivity contribution in [3.63, 3.8) is 0 Å². The van der Waals surface area contributed by atoms with E-state index in [9.17, 15) is 13.2 Å². The van der Waals surface area contributed by atoms with Gasteiger partial charge >= 0.3 is 0 Å². The second-order valence-corrected chi connectivity index (χ2v) is 4.50. The molecular weight excluding hydrogens is 321 g/mol. The lowest BCUT2D eigenvalue weighted by Gasteiger charge is -2.11. The number of halogens is 4. The molecule has 2 rings (SSSR count). The molecule has 0 atom stereocenters. The third kappa shape index (κ3) is 2.71. The lowest BCUT2D eigenvalue weighted by molar-refractivity contribution is 0.584. The average molecular weight is 327 g/mol. The number of benzene rings is 2. The van der Waals surface area contributed by atoms with Gasteiger partial charge in [-0.25, -0.2) is 13.2 Å². The summed E-state index contributed by atoms with van der Waals surface area (Å²) in [6.45, 7) is 0. The third-order valence-electron chi connectivity index (χ3n) is 2.39. The van der Waals surface area contributed by atoms with Crippen LogP contribution < -0.4 is 5.32 Å². The Labute approximate surface area is 115 Å². The first kappa shape index (κ1) is 13.4. The van der Waals surface area contributed by atoms with Crippen molar-refractivity contribution in [2.24, 2.45) is 0 Å². The van der Waals surface area contributed by atoms with Gasteiger partial charge in [0.15, 0.2) is 5.82 Å². The van der Waals surface area contributed by atoms with Gasteiger partial charge in [-0.1, -0.05) is 6.07 Å². The molecule has 0 saturated carbocycles. The summed E-state index contributed by atoms with van der Waals surface area (Å²) in [5.41, 5.74) is -0.199. The minimum Gasteiger partial charge on any atom is -0.351 e. The number of nitrogens with zero attached hydrogens (tertiary/aromatic N) is 1. The van der Waals surface area contributed by atoms with Crippen molar-refractivity contribution in [2.75, 3.05) is 5.32 Å².